The molecule has 3 aromatic rings. The van der Waals surface area contributed by atoms with E-state index < -0.39 is 5.76 Å². The average molecular weight is 523 g/mol. The minimum atomic E-state index is -0.622. The number of hydrogen-bond donors (Lipinski definition) is 2. The van der Waals surface area contributed by atoms with Crippen molar-refractivity contribution < 1.29 is 9.26 Å². The van der Waals surface area contributed by atoms with Crippen LogP contribution in [0.5, 0.6) is 0 Å². The molecule has 4 aliphatic rings. The second-order valence-electron chi connectivity index (χ2n) is 12.1. The quantitative estimate of drug-likeness (QED) is 0.474. The number of hydrogen-bond acceptors (Lipinski definition) is 9. The third-order valence-electron chi connectivity index (χ3n) is 9.50. The van der Waals surface area contributed by atoms with Gasteiger partial charge in [0.25, 0.3) is 0 Å². The molecule has 2 saturated heterocycles. The highest BCUT2D eigenvalue weighted by Gasteiger charge is 2.41. The van der Waals surface area contributed by atoms with Gasteiger partial charge in [-0.3, -0.25) is 9.51 Å². The zero-order chi connectivity index (χ0) is 25.8. The summed E-state index contributed by atoms with van der Waals surface area (Å²) in [6.07, 6.45) is 11.0. The van der Waals surface area contributed by atoms with Crippen molar-refractivity contribution in [2.24, 2.45) is 17.8 Å². The summed E-state index contributed by atoms with van der Waals surface area (Å²) < 4.78 is 13.1. The minimum absolute atomic E-state index is 0.222. The molecule has 0 radical (unpaired) electrons. The summed E-state index contributed by atoms with van der Waals surface area (Å²) in [5.74, 6) is 3.69. The number of ether oxygens (including phenoxy) is 1. The molecule has 2 aliphatic heterocycles. The molecule has 4 fully saturated rings. The topological polar surface area (TPSA) is 127 Å². The highest BCUT2D eigenvalue weighted by Crippen LogP contribution is 2.40. The summed E-state index contributed by atoms with van der Waals surface area (Å²) in [5, 5.41) is 7.61. The Hall–Kier alpha value is -2.95. The number of aromatic amines is 1. The van der Waals surface area contributed by atoms with Gasteiger partial charge in [0.05, 0.1) is 25.3 Å². The Bertz CT molecular complexity index is 1340. The first-order chi connectivity index (χ1) is 18.5. The number of imidazole rings is 1. The standard InChI is InChI=1S/C27H38N8O3/c1-15-6-8-17(9-7-15)12-34-21-22(28-16(2)18-4-3-5-18)29-24(25-32-27(36)38-33-25)30-23(21)31-26(34)35-19-10-11-20(35)14-37-13-19/h15-20H,3-14H2,1-2H3,(H,28,29,30)(H,32,33,36)/t15-,16-,17-,19?,20?/m1/s1. The molecule has 2 N–H and O–H groups in total. The molecule has 204 valence electrons. The van der Waals surface area contributed by atoms with Crippen molar-refractivity contribution in [3.63, 3.8) is 0 Å². The molecule has 0 amide bonds. The molecule has 2 aliphatic carbocycles. The first-order valence-corrected chi connectivity index (χ1v) is 14.5. The third-order valence-corrected chi connectivity index (χ3v) is 9.50. The van der Waals surface area contributed by atoms with Crippen LogP contribution in [0.25, 0.3) is 22.8 Å². The van der Waals surface area contributed by atoms with Crippen LogP contribution in [-0.2, 0) is 11.3 Å². The van der Waals surface area contributed by atoms with Crippen molar-refractivity contribution in [1.82, 2.24) is 29.7 Å². The van der Waals surface area contributed by atoms with Crippen molar-refractivity contribution >= 4 is 22.9 Å². The Balaban J connectivity index is 1.37. The van der Waals surface area contributed by atoms with Gasteiger partial charge in [0.2, 0.25) is 17.6 Å². The lowest BCUT2D eigenvalue weighted by Crippen LogP contribution is -2.47. The van der Waals surface area contributed by atoms with Gasteiger partial charge in [-0.05, 0) is 63.2 Å². The SMILES string of the molecule is C[C@@H](Nc1nc(-c2noc(=O)[nH]2)nc2nc(N3C4CCC3COC4)n(C[C@H]3CC[C@H](C)CC3)c12)C1CCC1. The van der Waals surface area contributed by atoms with E-state index in [1.54, 1.807) is 0 Å². The first-order valence-electron chi connectivity index (χ1n) is 14.5. The van der Waals surface area contributed by atoms with Crippen LogP contribution in [0.15, 0.2) is 9.32 Å². The molecule has 2 bridgehead atoms. The van der Waals surface area contributed by atoms with Crippen LogP contribution in [-0.4, -0.2) is 61.0 Å². The van der Waals surface area contributed by atoms with Crippen molar-refractivity contribution in [2.45, 2.75) is 96.3 Å². The Kier molecular flexibility index (Phi) is 6.13. The van der Waals surface area contributed by atoms with Crippen LogP contribution in [0.2, 0.25) is 0 Å². The zero-order valence-corrected chi connectivity index (χ0v) is 22.4. The first kappa shape index (κ1) is 24.1. The fourth-order valence-corrected chi connectivity index (χ4v) is 6.93. The predicted octanol–water partition coefficient (Wildman–Crippen LogP) is 3.96. The van der Waals surface area contributed by atoms with Crippen molar-refractivity contribution in [3.05, 3.63) is 10.6 Å². The van der Waals surface area contributed by atoms with Crippen LogP contribution < -0.4 is 16.0 Å². The van der Waals surface area contributed by atoms with Gasteiger partial charge < -0.3 is 19.5 Å². The second-order valence-corrected chi connectivity index (χ2v) is 12.1. The van der Waals surface area contributed by atoms with Crippen LogP contribution in [0.4, 0.5) is 11.8 Å². The third kappa shape index (κ3) is 4.28. The smallest absolute Gasteiger partial charge is 0.377 e. The lowest BCUT2D eigenvalue weighted by atomic mass is 9.80. The summed E-state index contributed by atoms with van der Waals surface area (Å²) in [6, 6.07) is 0.939. The highest BCUT2D eigenvalue weighted by molar-refractivity contribution is 5.87. The normalized spacial score (nSPS) is 28.5. The molecule has 5 heterocycles. The fraction of sp³-hybridized carbons (Fsp3) is 0.741. The van der Waals surface area contributed by atoms with E-state index in [0.29, 0.717) is 35.4 Å². The molecule has 3 aromatic heterocycles. The molecule has 2 unspecified atom stereocenters. The number of aromatic nitrogens is 6. The molecule has 11 nitrogen and oxygen atoms in total. The monoisotopic (exact) mass is 522 g/mol. The second kappa shape index (κ2) is 9.66. The van der Waals surface area contributed by atoms with Crippen LogP contribution in [0, 0.1) is 17.8 Å². The van der Waals surface area contributed by atoms with Gasteiger partial charge in [-0.1, -0.05) is 31.3 Å². The highest BCUT2D eigenvalue weighted by atomic mass is 16.5. The molecule has 3 atom stereocenters. The molecule has 7 rings (SSSR count). The number of rotatable bonds is 7. The van der Waals surface area contributed by atoms with Crippen molar-refractivity contribution in [1.29, 1.82) is 0 Å². The van der Waals surface area contributed by atoms with E-state index in [9.17, 15) is 4.79 Å². The molecular weight excluding hydrogens is 484 g/mol. The molecule has 0 spiro atoms. The van der Waals surface area contributed by atoms with E-state index in [0.717, 1.165) is 55.8 Å². The van der Waals surface area contributed by atoms with Gasteiger partial charge in [0.1, 0.15) is 5.52 Å². The van der Waals surface area contributed by atoms with E-state index >= 15 is 0 Å². The summed E-state index contributed by atoms with van der Waals surface area (Å²) in [5.41, 5.74) is 1.58. The van der Waals surface area contributed by atoms with Gasteiger partial charge in [0, 0.05) is 12.6 Å². The van der Waals surface area contributed by atoms with E-state index in [-0.39, 0.29) is 11.9 Å². The number of anilines is 2. The number of nitrogens with one attached hydrogen (secondary N) is 2. The molecule has 2 saturated carbocycles. The maximum absolute atomic E-state index is 11.7. The van der Waals surface area contributed by atoms with Crippen LogP contribution >= 0.6 is 0 Å². The van der Waals surface area contributed by atoms with Crippen LogP contribution in [0.1, 0.15) is 71.6 Å². The summed E-state index contributed by atoms with van der Waals surface area (Å²) in [7, 11) is 0. The molecule has 0 aromatic carbocycles. The molecule has 38 heavy (non-hydrogen) atoms. The van der Waals surface area contributed by atoms with Crippen LogP contribution in [0.3, 0.4) is 0 Å². The number of H-pyrrole nitrogens is 1. The van der Waals surface area contributed by atoms with Gasteiger partial charge in [0.15, 0.2) is 11.5 Å². The zero-order valence-electron chi connectivity index (χ0n) is 22.4. The Morgan fingerprint density at radius 2 is 1.79 bits per heavy atom. The number of morpholine rings is 1. The number of nitrogens with zero attached hydrogens (tertiary/aromatic N) is 6. The largest absolute Gasteiger partial charge is 0.439 e. The lowest BCUT2D eigenvalue weighted by molar-refractivity contribution is 0.0892. The van der Waals surface area contributed by atoms with Gasteiger partial charge >= 0.3 is 5.76 Å². The average Bonchev–Trinajstić information content (AvgIpc) is 3.52. The molecule has 11 heteroatoms. The summed E-state index contributed by atoms with van der Waals surface area (Å²) in [4.78, 5) is 31.8. The maximum Gasteiger partial charge on any atom is 0.439 e. The summed E-state index contributed by atoms with van der Waals surface area (Å²) >= 11 is 0. The number of fused-ring (bicyclic) bond motifs is 3. The summed E-state index contributed by atoms with van der Waals surface area (Å²) in [6.45, 7) is 6.99. The predicted molar refractivity (Wildman–Crippen MR) is 143 cm³/mol. The fourth-order valence-electron chi connectivity index (χ4n) is 6.93. The van der Waals surface area contributed by atoms with E-state index in [4.69, 9.17) is 24.2 Å². The van der Waals surface area contributed by atoms with Crippen molar-refractivity contribution in [2.75, 3.05) is 23.4 Å². The van der Waals surface area contributed by atoms with E-state index in [2.05, 4.69) is 38.8 Å². The minimum Gasteiger partial charge on any atom is -0.377 e. The van der Waals surface area contributed by atoms with E-state index in [1.807, 2.05) is 0 Å². The Labute approximate surface area is 221 Å². The van der Waals surface area contributed by atoms with Gasteiger partial charge in [-0.15, -0.1) is 0 Å². The van der Waals surface area contributed by atoms with Gasteiger partial charge in [-0.2, -0.15) is 4.98 Å². The Morgan fingerprint density at radius 3 is 2.45 bits per heavy atom. The lowest BCUT2D eigenvalue weighted by Gasteiger charge is -2.36. The van der Waals surface area contributed by atoms with E-state index in [1.165, 1.54) is 44.9 Å². The molecular formula is C27H38N8O3. The van der Waals surface area contributed by atoms with Crippen molar-refractivity contribution in [3.8, 4) is 11.6 Å². The Morgan fingerprint density at radius 1 is 1.03 bits per heavy atom. The maximum atomic E-state index is 11.7. The van der Waals surface area contributed by atoms with Gasteiger partial charge in [-0.25, -0.2) is 14.8 Å².